The lowest BCUT2D eigenvalue weighted by Crippen LogP contribution is -2.46. The third-order valence-electron chi connectivity index (χ3n) is 5.33. The summed E-state index contributed by atoms with van der Waals surface area (Å²) in [6, 6.07) is 19.6. The molecular formula is C26H41N2O5PSi. The van der Waals surface area contributed by atoms with Gasteiger partial charge in [-0.3, -0.25) is 0 Å². The first kappa shape index (κ1) is 29.4. The highest BCUT2D eigenvalue weighted by molar-refractivity contribution is 7.73. The lowest BCUT2D eigenvalue weighted by Gasteiger charge is -2.28. The van der Waals surface area contributed by atoms with E-state index in [-0.39, 0.29) is 6.03 Å². The van der Waals surface area contributed by atoms with Crippen LogP contribution in [-0.4, -0.2) is 61.1 Å². The average molecular weight is 521 g/mol. The van der Waals surface area contributed by atoms with Gasteiger partial charge in [0.05, 0.1) is 6.61 Å². The van der Waals surface area contributed by atoms with Crippen molar-refractivity contribution in [3.63, 3.8) is 0 Å². The van der Waals surface area contributed by atoms with Gasteiger partial charge in [-0.15, -0.1) is 0 Å². The first-order valence-corrected chi connectivity index (χ1v) is 15.9. The molecule has 0 aliphatic carbocycles. The van der Waals surface area contributed by atoms with Crippen molar-refractivity contribution in [3.05, 3.63) is 60.2 Å². The Kier molecular flexibility index (Phi) is 14.1. The summed E-state index contributed by atoms with van der Waals surface area (Å²) in [5, 5.41) is 8.51. The molecule has 0 saturated carbocycles. The molecule has 1 unspecified atom stereocenters. The van der Waals surface area contributed by atoms with Gasteiger partial charge in [0.25, 0.3) is 0 Å². The molecule has 0 fully saturated rings. The summed E-state index contributed by atoms with van der Waals surface area (Å²) in [4.78, 5) is 12.3. The van der Waals surface area contributed by atoms with Gasteiger partial charge in [-0.25, -0.2) is 4.79 Å². The largest absolute Gasteiger partial charge is 0.500 e. The van der Waals surface area contributed by atoms with Crippen LogP contribution in [-0.2, 0) is 24.6 Å². The molecule has 35 heavy (non-hydrogen) atoms. The zero-order valence-electron chi connectivity index (χ0n) is 21.5. The van der Waals surface area contributed by atoms with Crippen LogP contribution in [0.4, 0.5) is 4.79 Å². The van der Waals surface area contributed by atoms with Crippen LogP contribution in [0.2, 0.25) is 6.04 Å². The molecule has 2 rings (SSSR count). The third-order valence-corrected chi connectivity index (χ3v) is 11.0. The number of urea groups is 1. The number of hydrogen-bond acceptors (Lipinski definition) is 5. The van der Waals surface area contributed by atoms with Gasteiger partial charge in [0, 0.05) is 46.1 Å². The maximum atomic E-state index is 12.3. The molecule has 2 amide bonds. The lowest BCUT2D eigenvalue weighted by atomic mass is 10.2. The summed E-state index contributed by atoms with van der Waals surface area (Å²) in [7, 11) is -1.39. The van der Waals surface area contributed by atoms with Crippen LogP contribution in [0.25, 0.3) is 0 Å². The Morgan fingerprint density at radius 1 is 0.857 bits per heavy atom. The summed E-state index contributed by atoms with van der Waals surface area (Å²) < 4.78 is 22.9. The van der Waals surface area contributed by atoms with Gasteiger partial charge in [0.2, 0.25) is 0 Å². The van der Waals surface area contributed by atoms with Crippen molar-refractivity contribution in [1.82, 2.24) is 10.6 Å². The second-order valence-electron chi connectivity index (χ2n) is 7.84. The Hall–Kier alpha value is -1.80. The molecule has 1 atom stereocenters. The summed E-state index contributed by atoms with van der Waals surface area (Å²) in [6.45, 7) is 9.24. The Morgan fingerprint density at radius 2 is 1.46 bits per heavy atom. The zero-order chi connectivity index (χ0) is 25.4. The van der Waals surface area contributed by atoms with Gasteiger partial charge in [-0.1, -0.05) is 54.6 Å². The first-order chi connectivity index (χ1) is 17.1. The molecule has 194 valence electrons. The van der Waals surface area contributed by atoms with E-state index in [0.29, 0.717) is 39.0 Å². The second-order valence-corrected chi connectivity index (χ2v) is 12.9. The van der Waals surface area contributed by atoms with E-state index >= 15 is 0 Å². The van der Waals surface area contributed by atoms with E-state index in [9.17, 15) is 4.79 Å². The predicted molar refractivity (Wildman–Crippen MR) is 146 cm³/mol. The number of amides is 2. The zero-order valence-corrected chi connectivity index (χ0v) is 23.4. The van der Waals surface area contributed by atoms with Crippen molar-refractivity contribution in [2.45, 2.75) is 39.8 Å². The van der Waals surface area contributed by atoms with Crippen molar-refractivity contribution in [2.24, 2.45) is 0 Å². The fourth-order valence-electron chi connectivity index (χ4n) is 3.74. The van der Waals surface area contributed by atoms with E-state index in [1.165, 1.54) is 10.6 Å². The minimum atomic E-state index is -2.66. The fourth-order valence-corrected chi connectivity index (χ4v) is 8.58. The number of methoxy groups -OCH3 is 1. The van der Waals surface area contributed by atoms with Gasteiger partial charge in [0.15, 0.2) is 0 Å². The highest BCUT2D eigenvalue weighted by Gasteiger charge is 2.39. The van der Waals surface area contributed by atoms with Crippen LogP contribution >= 0.6 is 7.92 Å². The Labute approximate surface area is 213 Å². The number of hydrogen-bond donors (Lipinski definition) is 2. The smallest absolute Gasteiger partial charge is 0.384 e. The first-order valence-electron chi connectivity index (χ1n) is 12.4. The topological polar surface area (TPSA) is 78.1 Å². The van der Waals surface area contributed by atoms with Crippen LogP contribution in [0.1, 0.15) is 32.8 Å². The lowest BCUT2D eigenvalue weighted by molar-refractivity contribution is 0.0708. The third kappa shape index (κ3) is 10.4. The van der Waals surface area contributed by atoms with E-state index in [2.05, 4.69) is 59.2 Å². The standard InChI is InChI=1S/C26H41N2O5PSi/c1-5-31-35(32-6-2,33-7-3)21-11-18-27-26(29)28-22-23-14-16-25(17-15-23)34(20-19-30-4)24-12-9-8-10-13-24/h8-10,12-17H,5-7,11,18-22H2,1-4H3,(H2,27,28,29). The quantitative estimate of drug-likeness (QED) is 0.187. The molecule has 9 heteroatoms. The van der Waals surface area contributed by atoms with E-state index < -0.39 is 16.7 Å². The van der Waals surface area contributed by atoms with Crippen molar-refractivity contribution >= 4 is 33.4 Å². The maximum absolute atomic E-state index is 12.3. The van der Waals surface area contributed by atoms with Crippen molar-refractivity contribution < 1.29 is 22.8 Å². The van der Waals surface area contributed by atoms with Crippen molar-refractivity contribution in [2.75, 3.05) is 46.2 Å². The number of carbonyl (C=O) groups excluding carboxylic acids is 1. The van der Waals surface area contributed by atoms with E-state index in [0.717, 1.165) is 24.8 Å². The number of benzene rings is 2. The summed E-state index contributed by atoms with van der Waals surface area (Å²) in [5.41, 5.74) is 1.06. The summed E-state index contributed by atoms with van der Waals surface area (Å²) in [6.07, 6.45) is 1.72. The normalized spacial score (nSPS) is 12.3. The number of rotatable bonds is 17. The van der Waals surface area contributed by atoms with Gasteiger partial charge < -0.3 is 28.6 Å². The van der Waals surface area contributed by atoms with Crippen LogP contribution in [0.15, 0.2) is 54.6 Å². The number of nitrogens with one attached hydrogen (secondary N) is 2. The molecule has 2 aromatic carbocycles. The molecule has 0 aliphatic rings. The van der Waals surface area contributed by atoms with Gasteiger partial charge in [-0.2, -0.15) is 0 Å². The van der Waals surface area contributed by atoms with Crippen LogP contribution in [0.3, 0.4) is 0 Å². The fraction of sp³-hybridized carbons (Fsp3) is 0.500. The minimum Gasteiger partial charge on any atom is -0.384 e. The maximum Gasteiger partial charge on any atom is 0.500 e. The number of carbonyl (C=O) groups is 1. The highest BCUT2D eigenvalue weighted by atomic mass is 31.1. The molecule has 0 bridgehead atoms. The Bertz CT molecular complexity index is 824. The predicted octanol–water partition coefficient (Wildman–Crippen LogP) is 4.00. The van der Waals surface area contributed by atoms with Crippen LogP contribution in [0, 0.1) is 0 Å². The Morgan fingerprint density at radius 3 is 2.03 bits per heavy atom. The molecular weight excluding hydrogens is 479 g/mol. The van der Waals surface area contributed by atoms with Gasteiger partial charge in [-0.05, 0) is 57.4 Å². The molecule has 7 nitrogen and oxygen atoms in total. The van der Waals surface area contributed by atoms with Crippen molar-refractivity contribution in [1.29, 1.82) is 0 Å². The van der Waals surface area contributed by atoms with E-state index in [1.54, 1.807) is 7.11 Å². The van der Waals surface area contributed by atoms with Crippen LogP contribution in [0.5, 0.6) is 0 Å². The second kappa shape index (κ2) is 16.8. The SMILES string of the molecule is CCO[Si](CCCNC(=O)NCc1ccc(P(CCOC)c2ccccc2)cc1)(OCC)OCC. The summed E-state index contributed by atoms with van der Waals surface area (Å²) in [5.74, 6) is 0. The molecule has 0 aliphatic heterocycles. The molecule has 0 spiro atoms. The van der Waals surface area contributed by atoms with Gasteiger partial charge >= 0.3 is 14.8 Å². The van der Waals surface area contributed by atoms with Crippen LogP contribution < -0.4 is 21.2 Å². The Balaban J connectivity index is 1.82. The molecule has 0 heterocycles. The van der Waals surface area contributed by atoms with Gasteiger partial charge in [0.1, 0.15) is 0 Å². The molecule has 2 N–H and O–H groups in total. The van der Waals surface area contributed by atoms with Crippen molar-refractivity contribution in [3.8, 4) is 0 Å². The number of ether oxygens (including phenoxy) is 1. The minimum absolute atomic E-state index is 0.183. The monoisotopic (exact) mass is 520 g/mol. The summed E-state index contributed by atoms with van der Waals surface area (Å²) >= 11 is 0. The van der Waals surface area contributed by atoms with E-state index in [4.69, 9.17) is 18.0 Å². The van der Waals surface area contributed by atoms with E-state index in [1.807, 2.05) is 26.8 Å². The highest BCUT2D eigenvalue weighted by Crippen LogP contribution is 2.33. The molecule has 2 aromatic rings. The molecule has 0 aromatic heterocycles. The average Bonchev–Trinajstić information content (AvgIpc) is 2.87. The molecule has 0 saturated heterocycles. The molecule has 0 radical (unpaired) electrons.